The number of rotatable bonds is 4. The molecule has 2 heterocycles. The summed E-state index contributed by atoms with van der Waals surface area (Å²) in [6.45, 7) is 2.28. The first-order valence-electron chi connectivity index (χ1n) is 7.16. The Bertz CT molecular complexity index is 859. The van der Waals surface area contributed by atoms with Crippen molar-refractivity contribution >= 4 is 33.4 Å². The molecule has 0 unspecified atom stereocenters. The van der Waals surface area contributed by atoms with Crippen LogP contribution in [-0.2, 0) is 6.54 Å². The van der Waals surface area contributed by atoms with Gasteiger partial charge in [0.05, 0.1) is 28.0 Å². The molecule has 7 heteroatoms. The summed E-state index contributed by atoms with van der Waals surface area (Å²) in [4.78, 5) is 27.1. The van der Waals surface area contributed by atoms with E-state index in [1.165, 1.54) is 11.3 Å². The van der Waals surface area contributed by atoms with Crippen molar-refractivity contribution in [2.45, 2.75) is 13.5 Å². The molecule has 0 saturated heterocycles. The van der Waals surface area contributed by atoms with Crippen molar-refractivity contribution < 1.29 is 4.79 Å². The lowest BCUT2D eigenvalue weighted by molar-refractivity contribution is 0.0950. The molecule has 1 N–H and O–H groups in total. The molecule has 0 fully saturated rings. The van der Waals surface area contributed by atoms with Gasteiger partial charge >= 0.3 is 0 Å². The highest BCUT2D eigenvalue weighted by Gasteiger charge is 2.09. The summed E-state index contributed by atoms with van der Waals surface area (Å²) in [5.74, 6) is 0.517. The highest BCUT2D eigenvalue weighted by molar-refractivity contribution is 7.16. The number of fused-ring (bicyclic) bond motifs is 1. The third kappa shape index (κ3) is 3.45. The van der Waals surface area contributed by atoms with Crippen LogP contribution in [0.15, 0.2) is 29.8 Å². The van der Waals surface area contributed by atoms with E-state index in [2.05, 4.69) is 20.3 Å². The second kappa shape index (κ2) is 6.29. The van der Waals surface area contributed by atoms with Gasteiger partial charge in [-0.05, 0) is 31.2 Å². The number of anilines is 1. The lowest BCUT2D eigenvalue weighted by Gasteiger charge is -2.12. The fourth-order valence-electron chi connectivity index (χ4n) is 2.18. The maximum Gasteiger partial charge on any atom is 0.251 e. The van der Waals surface area contributed by atoms with Gasteiger partial charge in [0.25, 0.3) is 5.91 Å². The predicted octanol–water partition coefficient (Wildman–Crippen LogP) is 2.39. The topological polar surface area (TPSA) is 71.0 Å². The molecule has 6 nitrogen and oxygen atoms in total. The third-order valence-electron chi connectivity index (χ3n) is 3.32. The van der Waals surface area contributed by atoms with E-state index >= 15 is 0 Å². The van der Waals surface area contributed by atoms with Crippen molar-refractivity contribution in [1.82, 2.24) is 20.3 Å². The maximum atomic E-state index is 12.3. The first kappa shape index (κ1) is 15.4. The van der Waals surface area contributed by atoms with Crippen LogP contribution >= 0.6 is 11.3 Å². The van der Waals surface area contributed by atoms with Crippen LogP contribution in [0.25, 0.3) is 10.2 Å². The molecule has 3 rings (SSSR count). The average Bonchev–Trinajstić information content (AvgIpc) is 2.99. The van der Waals surface area contributed by atoms with Crippen molar-refractivity contribution in [3.63, 3.8) is 0 Å². The number of benzene rings is 1. The smallest absolute Gasteiger partial charge is 0.251 e. The van der Waals surface area contributed by atoms with Crippen LogP contribution in [0.3, 0.4) is 0 Å². The molecule has 118 valence electrons. The fraction of sp³-hybridized carbons (Fsp3) is 0.250. The third-order valence-corrected chi connectivity index (χ3v) is 4.11. The van der Waals surface area contributed by atoms with Crippen molar-refractivity contribution in [1.29, 1.82) is 0 Å². The van der Waals surface area contributed by atoms with Crippen LogP contribution in [0.4, 0.5) is 5.95 Å². The van der Waals surface area contributed by atoms with Gasteiger partial charge in [-0.15, -0.1) is 11.3 Å². The van der Waals surface area contributed by atoms with Gasteiger partial charge in [0.1, 0.15) is 0 Å². The van der Waals surface area contributed by atoms with Gasteiger partial charge in [-0.3, -0.25) is 4.79 Å². The van der Waals surface area contributed by atoms with Crippen LogP contribution in [0.5, 0.6) is 0 Å². The number of carbonyl (C=O) groups excluding carboxylic acids is 1. The number of amides is 1. The normalized spacial score (nSPS) is 10.7. The minimum absolute atomic E-state index is 0.122. The van der Waals surface area contributed by atoms with Gasteiger partial charge in [-0.1, -0.05) is 0 Å². The molecule has 0 aliphatic carbocycles. The van der Waals surface area contributed by atoms with E-state index in [1.807, 2.05) is 44.1 Å². The standard InChI is InChI=1S/C16H17N5OS/c1-10-6-12(20-16(19-10)21(2)3)8-17-15(22)11-4-5-13-14(7-11)23-9-18-13/h4-7,9H,8H2,1-3H3,(H,17,22). The maximum absolute atomic E-state index is 12.3. The molecule has 0 saturated carbocycles. The van der Waals surface area contributed by atoms with Crippen molar-refractivity contribution in [3.05, 3.63) is 46.7 Å². The van der Waals surface area contributed by atoms with Crippen molar-refractivity contribution in [3.8, 4) is 0 Å². The Morgan fingerprint density at radius 1 is 1.26 bits per heavy atom. The number of nitrogens with one attached hydrogen (secondary N) is 1. The summed E-state index contributed by atoms with van der Waals surface area (Å²) < 4.78 is 1.01. The zero-order valence-electron chi connectivity index (χ0n) is 13.2. The van der Waals surface area contributed by atoms with E-state index < -0.39 is 0 Å². The van der Waals surface area contributed by atoms with E-state index in [-0.39, 0.29) is 5.91 Å². The Labute approximate surface area is 138 Å². The second-order valence-electron chi connectivity index (χ2n) is 5.41. The molecule has 23 heavy (non-hydrogen) atoms. The van der Waals surface area contributed by atoms with Crippen LogP contribution in [0.1, 0.15) is 21.7 Å². The first-order valence-corrected chi connectivity index (χ1v) is 8.04. The minimum Gasteiger partial charge on any atom is -0.347 e. The summed E-state index contributed by atoms with van der Waals surface area (Å²) in [7, 11) is 3.78. The Morgan fingerprint density at radius 3 is 2.87 bits per heavy atom. The fourth-order valence-corrected chi connectivity index (χ4v) is 2.89. The van der Waals surface area contributed by atoms with E-state index in [1.54, 1.807) is 11.6 Å². The SMILES string of the molecule is Cc1cc(CNC(=O)c2ccc3ncsc3c2)nc(N(C)C)n1. The molecule has 3 aromatic rings. The quantitative estimate of drug-likeness (QED) is 0.797. The Balaban J connectivity index is 1.73. The van der Waals surface area contributed by atoms with Crippen LogP contribution in [-0.4, -0.2) is 35.0 Å². The molecule has 2 aromatic heterocycles. The number of hydrogen-bond acceptors (Lipinski definition) is 6. The molecule has 0 bridgehead atoms. The van der Waals surface area contributed by atoms with Gasteiger partial charge < -0.3 is 10.2 Å². The van der Waals surface area contributed by atoms with Gasteiger partial charge in [0, 0.05) is 25.4 Å². The largest absolute Gasteiger partial charge is 0.347 e. The molecule has 1 amide bonds. The van der Waals surface area contributed by atoms with E-state index in [9.17, 15) is 4.79 Å². The van der Waals surface area contributed by atoms with E-state index in [4.69, 9.17) is 0 Å². The molecule has 0 aliphatic rings. The van der Waals surface area contributed by atoms with Crippen LogP contribution in [0, 0.1) is 6.92 Å². The second-order valence-corrected chi connectivity index (χ2v) is 6.30. The number of hydrogen-bond donors (Lipinski definition) is 1. The lowest BCUT2D eigenvalue weighted by atomic mass is 10.2. The molecular formula is C16H17N5OS. The van der Waals surface area contributed by atoms with Gasteiger partial charge in [0.15, 0.2) is 0 Å². The molecule has 0 atom stereocenters. The van der Waals surface area contributed by atoms with Crippen molar-refractivity contribution in [2.75, 3.05) is 19.0 Å². The van der Waals surface area contributed by atoms with E-state index in [0.717, 1.165) is 21.6 Å². The minimum atomic E-state index is -0.122. The van der Waals surface area contributed by atoms with Gasteiger partial charge in [0.2, 0.25) is 5.95 Å². The van der Waals surface area contributed by atoms with Crippen LogP contribution < -0.4 is 10.2 Å². The summed E-state index contributed by atoms with van der Waals surface area (Å²) >= 11 is 1.52. The Hall–Kier alpha value is -2.54. The summed E-state index contributed by atoms with van der Waals surface area (Å²) in [5, 5.41) is 2.90. The summed E-state index contributed by atoms with van der Waals surface area (Å²) in [6, 6.07) is 7.38. The van der Waals surface area contributed by atoms with Gasteiger partial charge in [-0.2, -0.15) is 0 Å². The Kier molecular flexibility index (Phi) is 4.20. The highest BCUT2D eigenvalue weighted by Crippen LogP contribution is 2.19. The summed E-state index contributed by atoms with van der Waals surface area (Å²) in [6.07, 6.45) is 0. The molecule has 0 radical (unpaired) electrons. The molecule has 1 aromatic carbocycles. The average molecular weight is 327 g/mol. The summed E-state index contributed by atoms with van der Waals surface area (Å²) in [5.41, 5.74) is 4.97. The monoisotopic (exact) mass is 327 g/mol. The van der Waals surface area contributed by atoms with Crippen molar-refractivity contribution in [2.24, 2.45) is 0 Å². The first-order chi connectivity index (χ1) is 11.0. The van der Waals surface area contributed by atoms with E-state index in [0.29, 0.717) is 18.1 Å². The van der Waals surface area contributed by atoms with Gasteiger partial charge in [-0.25, -0.2) is 15.0 Å². The number of carbonyl (C=O) groups is 1. The van der Waals surface area contributed by atoms with Crippen LogP contribution in [0.2, 0.25) is 0 Å². The number of aromatic nitrogens is 3. The lowest BCUT2D eigenvalue weighted by Crippen LogP contribution is -2.24. The zero-order chi connectivity index (χ0) is 16.4. The molecule has 0 aliphatic heterocycles. The highest BCUT2D eigenvalue weighted by atomic mass is 32.1. The number of nitrogens with zero attached hydrogens (tertiary/aromatic N) is 4. The predicted molar refractivity (Wildman–Crippen MR) is 91.9 cm³/mol. The zero-order valence-corrected chi connectivity index (χ0v) is 14.0. The Morgan fingerprint density at radius 2 is 2.09 bits per heavy atom. The molecular weight excluding hydrogens is 310 g/mol. The molecule has 0 spiro atoms. The number of thiazole rings is 1. The number of aryl methyl sites for hydroxylation is 1.